The van der Waals surface area contributed by atoms with Gasteiger partial charge in [-0.25, -0.2) is 9.59 Å². The minimum atomic E-state index is -0.582. The van der Waals surface area contributed by atoms with Gasteiger partial charge in [0.05, 0.1) is 15.6 Å². The number of ether oxygens (including phenoxy) is 1. The first-order valence-corrected chi connectivity index (χ1v) is 7.97. The van der Waals surface area contributed by atoms with E-state index in [2.05, 4.69) is 0 Å². The minimum absolute atomic E-state index is 0.267. The van der Waals surface area contributed by atoms with Gasteiger partial charge in [0.2, 0.25) is 0 Å². The highest BCUT2D eigenvalue weighted by atomic mass is 35.5. The lowest BCUT2D eigenvalue weighted by molar-refractivity contribution is 0.0735. The van der Waals surface area contributed by atoms with E-state index in [1.165, 1.54) is 30.3 Å². The van der Waals surface area contributed by atoms with Crippen LogP contribution >= 0.6 is 23.2 Å². The quantitative estimate of drug-likeness (QED) is 0.378. The normalized spacial score (nSPS) is 10.8. The number of esters is 1. The molecule has 0 fully saturated rings. The third kappa shape index (κ3) is 3.30. The number of carbonyl (C=O) groups excluding carboxylic acids is 1. The van der Waals surface area contributed by atoms with Crippen molar-refractivity contribution in [2.75, 3.05) is 0 Å². The smallest absolute Gasteiger partial charge is 0.343 e. The number of aryl methyl sites for hydroxylation is 1. The first kappa shape index (κ1) is 16.6. The molecule has 122 valence electrons. The number of halogens is 2. The van der Waals surface area contributed by atoms with Crippen molar-refractivity contribution in [2.45, 2.75) is 13.3 Å². The Kier molecular flexibility index (Phi) is 4.60. The van der Waals surface area contributed by atoms with Crippen LogP contribution in [0.1, 0.15) is 22.8 Å². The Balaban J connectivity index is 1.93. The standard InChI is InChI=1S/C18H12Cl2O4/c1-2-10-8-17(21)24-16-9-12(4-5-13(10)16)23-18(22)11-3-6-14(19)15(20)7-11/h3-9H,2H2,1H3. The van der Waals surface area contributed by atoms with Crippen LogP contribution in [0.2, 0.25) is 10.0 Å². The highest BCUT2D eigenvalue weighted by molar-refractivity contribution is 6.42. The second-order valence-electron chi connectivity index (χ2n) is 5.12. The fourth-order valence-electron chi connectivity index (χ4n) is 2.36. The molecule has 1 aromatic heterocycles. The highest BCUT2D eigenvalue weighted by Gasteiger charge is 2.12. The average molecular weight is 363 g/mol. The first-order chi connectivity index (χ1) is 11.5. The number of hydrogen-bond donors (Lipinski definition) is 0. The molecule has 24 heavy (non-hydrogen) atoms. The van der Waals surface area contributed by atoms with Crippen LogP contribution in [-0.2, 0) is 6.42 Å². The number of hydrogen-bond acceptors (Lipinski definition) is 4. The van der Waals surface area contributed by atoms with E-state index >= 15 is 0 Å². The summed E-state index contributed by atoms with van der Waals surface area (Å²) in [6.45, 7) is 1.95. The maximum absolute atomic E-state index is 12.2. The Morgan fingerprint density at radius 1 is 1.08 bits per heavy atom. The summed E-state index contributed by atoms with van der Waals surface area (Å²) in [5, 5.41) is 1.43. The summed E-state index contributed by atoms with van der Waals surface area (Å²) in [6.07, 6.45) is 0.699. The topological polar surface area (TPSA) is 56.5 Å². The lowest BCUT2D eigenvalue weighted by atomic mass is 10.1. The molecule has 0 aliphatic carbocycles. The molecule has 0 unspecified atom stereocenters. The van der Waals surface area contributed by atoms with E-state index in [-0.39, 0.29) is 16.3 Å². The lowest BCUT2D eigenvalue weighted by Gasteiger charge is -2.07. The molecule has 1 heterocycles. The lowest BCUT2D eigenvalue weighted by Crippen LogP contribution is -2.08. The fraction of sp³-hybridized carbons (Fsp3) is 0.111. The maximum Gasteiger partial charge on any atom is 0.343 e. The van der Waals surface area contributed by atoms with Gasteiger partial charge in [-0.1, -0.05) is 30.1 Å². The molecule has 0 N–H and O–H groups in total. The van der Waals surface area contributed by atoms with Crippen LogP contribution in [-0.4, -0.2) is 5.97 Å². The van der Waals surface area contributed by atoms with Gasteiger partial charge in [-0.3, -0.25) is 0 Å². The summed E-state index contributed by atoms with van der Waals surface area (Å²) in [7, 11) is 0. The van der Waals surface area contributed by atoms with Crippen LogP contribution in [0.4, 0.5) is 0 Å². The zero-order chi connectivity index (χ0) is 17.3. The van der Waals surface area contributed by atoms with Gasteiger partial charge in [-0.05, 0) is 42.3 Å². The second-order valence-corrected chi connectivity index (χ2v) is 5.94. The maximum atomic E-state index is 12.2. The van der Waals surface area contributed by atoms with E-state index in [4.69, 9.17) is 32.4 Å². The van der Waals surface area contributed by atoms with E-state index in [1.807, 2.05) is 6.92 Å². The van der Waals surface area contributed by atoms with Gasteiger partial charge in [-0.15, -0.1) is 0 Å². The van der Waals surface area contributed by atoms with Crippen LogP contribution in [0.5, 0.6) is 5.75 Å². The predicted molar refractivity (Wildman–Crippen MR) is 93.3 cm³/mol. The second kappa shape index (κ2) is 6.67. The first-order valence-electron chi connectivity index (χ1n) is 7.22. The van der Waals surface area contributed by atoms with Gasteiger partial charge in [-0.2, -0.15) is 0 Å². The van der Waals surface area contributed by atoms with Crippen LogP contribution in [0.3, 0.4) is 0 Å². The fourth-order valence-corrected chi connectivity index (χ4v) is 2.65. The van der Waals surface area contributed by atoms with Crippen LogP contribution in [0, 0.1) is 0 Å². The van der Waals surface area contributed by atoms with Crippen molar-refractivity contribution < 1.29 is 13.9 Å². The van der Waals surface area contributed by atoms with Crippen molar-refractivity contribution in [3.05, 3.63) is 74.1 Å². The Hall–Kier alpha value is -2.30. The Morgan fingerprint density at radius 2 is 1.88 bits per heavy atom. The monoisotopic (exact) mass is 362 g/mol. The molecule has 2 aromatic carbocycles. The summed E-state index contributed by atoms with van der Waals surface area (Å²) in [5.41, 5.74) is 1.09. The van der Waals surface area contributed by atoms with E-state index in [9.17, 15) is 9.59 Å². The summed E-state index contributed by atoms with van der Waals surface area (Å²) in [6, 6.07) is 10.9. The molecule has 0 bridgehead atoms. The molecular weight excluding hydrogens is 351 g/mol. The number of benzene rings is 2. The molecule has 0 amide bonds. The summed E-state index contributed by atoms with van der Waals surface area (Å²) < 4.78 is 10.5. The molecule has 4 nitrogen and oxygen atoms in total. The Morgan fingerprint density at radius 3 is 2.58 bits per heavy atom. The zero-order valence-electron chi connectivity index (χ0n) is 12.6. The van der Waals surface area contributed by atoms with Crippen molar-refractivity contribution in [1.29, 1.82) is 0 Å². The summed E-state index contributed by atoms with van der Waals surface area (Å²) in [4.78, 5) is 23.8. The van der Waals surface area contributed by atoms with Crippen LogP contribution < -0.4 is 10.4 Å². The van der Waals surface area contributed by atoms with E-state index < -0.39 is 11.6 Å². The zero-order valence-corrected chi connectivity index (χ0v) is 14.1. The van der Waals surface area contributed by atoms with Crippen molar-refractivity contribution in [3.63, 3.8) is 0 Å². The number of fused-ring (bicyclic) bond motifs is 1. The largest absolute Gasteiger partial charge is 0.423 e. The van der Waals surface area contributed by atoms with Crippen molar-refractivity contribution in [1.82, 2.24) is 0 Å². The van der Waals surface area contributed by atoms with E-state index in [1.54, 1.807) is 12.1 Å². The molecule has 3 aromatic rings. The predicted octanol–water partition coefficient (Wildman–Crippen LogP) is 4.88. The SMILES string of the molecule is CCc1cc(=O)oc2cc(OC(=O)c3ccc(Cl)c(Cl)c3)ccc12. The number of rotatable bonds is 3. The third-order valence-electron chi connectivity index (χ3n) is 3.55. The van der Waals surface area contributed by atoms with Gasteiger partial charge in [0.25, 0.3) is 0 Å². The van der Waals surface area contributed by atoms with Crippen molar-refractivity contribution in [2.24, 2.45) is 0 Å². The molecule has 0 saturated heterocycles. The van der Waals surface area contributed by atoms with Crippen LogP contribution in [0.15, 0.2) is 51.7 Å². The van der Waals surface area contributed by atoms with Crippen molar-refractivity contribution >= 4 is 40.1 Å². The molecular formula is C18H12Cl2O4. The average Bonchev–Trinajstić information content (AvgIpc) is 2.56. The van der Waals surface area contributed by atoms with Gasteiger partial charge in [0.15, 0.2) is 0 Å². The highest BCUT2D eigenvalue weighted by Crippen LogP contribution is 2.25. The molecule has 0 aliphatic heterocycles. The Bertz CT molecular complexity index is 992. The Labute approximate surface area is 147 Å². The van der Waals surface area contributed by atoms with Gasteiger partial charge in [0.1, 0.15) is 11.3 Å². The van der Waals surface area contributed by atoms with Gasteiger partial charge in [0, 0.05) is 17.5 Å². The van der Waals surface area contributed by atoms with E-state index in [0.29, 0.717) is 17.0 Å². The van der Waals surface area contributed by atoms with Gasteiger partial charge >= 0.3 is 11.6 Å². The third-order valence-corrected chi connectivity index (χ3v) is 4.29. The molecule has 0 saturated carbocycles. The number of carbonyl (C=O) groups is 1. The van der Waals surface area contributed by atoms with Crippen LogP contribution in [0.25, 0.3) is 11.0 Å². The molecule has 3 rings (SSSR count). The van der Waals surface area contributed by atoms with Gasteiger partial charge < -0.3 is 9.15 Å². The molecule has 6 heteroatoms. The molecule has 0 aliphatic rings. The molecule has 0 atom stereocenters. The summed E-state index contributed by atoms with van der Waals surface area (Å²) in [5.74, 6) is -0.308. The molecule has 0 radical (unpaired) electrons. The summed E-state index contributed by atoms with van der Waals surface area (Å²) >= 11 is 11.7. The van der Waals surface area contributed by atoms with E-state index in [0.717, 1.165) is 10.9 Å². The molecule has 0 spiro atoms. The minimum Gasteiger partial charge on any atom is -0.423 e. The van der Waals surface area contributed by atoms with Crippen molar-refractivity contribution in [3.8, 4) is 5.75 Å².